The van der Waals surface area contributed by atoms with E-state index in [-0.39, 0.29) is 0 Å². The number of aromatic nitrogens is 2. The number of H-pyrrole nitrogens is 1. The number of fused-ring (bicyclic) bond motifs is 3. The Morgan fingerprint density at radius 1 is 0.929 bits per heavy atom. The topological polar surface area (TPSA) is 31.9 Å². The van der Waals surface area contributed by atoms with Gasteiger partial charge < -0.3 is 9.88 Å². The number of piperidine rings is 1. The van der Waals surface area contributed by atoms with E-state index in [1.165, 1.54) is 46.7 Å². The third-order valence-corrected chi connectivity index (χ3v) is 5.90. The third kappa shape index (κ3) is 2.97. The number of pyridine rings is 1. The van der Waals surface area contributed by atoms with E-state index in [2.05, 4.69) is 76.9 Å². The van der Waals surface area contributed by atoms with Crippen LogP contribution in [0.5, 0.6) is 0 Å². The SMILES string of the molecule is C=C(c1ccc(-c2cnc3[nH]c4ccc(C)cc4c3c2)cc1)N1CCCCC1. The molecule has 28 heavy (non-hydrogen) atoms. The van der Waals surface area contributed by atoms with E-state index in [1.807, 2.05) is 6.20 Å². The maximum Gasteiger partial charge on any atom is 0.138 e. The quantitative estimate of drug-likeness (QED) is 0.471. The molecule has 0 aliphatic carbocycles. The minimum absolute atomic E-state index is 0.944. The molecular formula is C25H25N3. The highest BCUT2D eigenvalue weighted by Crippen LogP contribution is 2.30. The summed E-state index contributed by atoms with van der Waals surface area (Å²) in [4.78, 5) is 10.5. The van der Waals surface area contributed by atoms with Crippen molar-refractivity contribution < 1.29 is 0 Å². The lowest BCUT2D eigenvalue weighted by molar-refractivity contribution is 0.326. The first-order valence-corrected chi connectivity index (χ1v) is 10.1. The number of aromatic amines is 1. The summed E-state index contributed by atoms with van der Waals surface area (Å²) in [6.45, 7) is 8.72. The second-order valence-electron chi connectivity index (χ2n) is 7.87. The van der Waals surface area contributed by atoms with Crippen LogP contribution in [0, 0.1) is 6.92 Å². The maximum absolute atomic E-state index is 4.67. The van der Waals surface area contributed by atoms with Gasteiger partial charge in [0, 0.05) is 46.8 Å². The first-order valence-electron chi connectivity index (χ1n) is 10.1. The molecule has 3 nitrogen and oxygen atoms in total. The van der Waals surface area contributed by atoms with E-state index >= 15 is 0 Å². The van der Waals surface area contributed by atoms with Crippen molar-refractivity contribution in [3.8, 4) is 11.1 Å². The number of hydrogen-bond acceptors (Lipinski definition) is 2. The Morgan fingerprint density at radius 2 is 1.71 bits per heavy atom. The molecule has 5 rings (SSSR count). The Labute approximate surface area is 165 Å². The zero-order chi connectivity index (χ0) is 19.1. The zero-order valence-corrected chi connectivity index (χ0v) is 16.3. The molecule has 0 unspecified atom stereocenters. The van der Waals surface area contributed by atoms with E-state index in [1.54, 1.807) is 0 Å². The minimum Gasteiger partial charge on any atom is -0.372 e. The van der Waals surface area contributed by atoms with E-state index in [4.69, 9.17) is 0 Å². The summed E-state index contributed by atoms with van der Waals surface area (Å²) in [6.07, 6.45) is 5.84. The molecule has 0 atom stereocenters. The highest BCUT2D eigenvalue weighted by Gasteiger charge is 2.13. The van der Waals surface area contributed by atoms with Crippen LogP contribution in [0.25, 0.3) is 38.8 Å². The molecule has 2 aromatic carbocycles. The fourth-order valence-electron chi connectivity index (χ4n) is 4.25. The average molecular weight is 367 g/mol. The first kappa shape index (κ1) is 17.1. The third-order valence-electron chi connectivity index (χ3n) is 5.90. The predicted octanol–water partition coefficient (Wildman–Crippen LogP) is 6.15. The molecule has 3 heterocycles. The second kappa shape index (κ2) is 6.83. The van der Waals surface area contributed by atoms with Crippen molar-refractivity contribution >= 4 is 27.6 Å². The summed E-state index contributed by atoms with van der Waals surface area (Å²) in [6, 6.07) is 17.5. The van der Waals surface area contributed by atoms with Crippen molar-refractivity contribution in [2.45, 2.75) is 26.2 Å². The lowest BCUT2D eigenvalue weighted by Gasteiger charge is -2.30. The van der Waals surface area contributed by atoms with E-state index in [0.717, 1.165) is 35.5 Å². The van der Waals surface area contributed by atoms with Crippen molar-refractivity contribution in [1.82, 2.24) is 14.9 Å². The van der Waals surface area contributed by atoms with Crippen LogP contribution < -0.4 is 0 Å². The van der Waals surface area contributed by atoms with E-state index < -0.39 is 0 Å². The molecule has 1 saturated heterocycles. The van der Waals surface area contributed by atoms with E-state index in [0.29, 0.717) is 0 Å². The number of nitrogens with zero attached hydrogens (tertiary/aromatic N) is 2. The van der Waals surface area contributed by atoms with Gasteiger partial charge in [0.25, 0.3) is 0 Å². The normalized spacial score (nSPS) is 14.7. The van der Waals surface area contributed by atoms with Crippen LogP contribution >= 0.6 is 0 Å². The fraction of sp³-hybridized carbons (Fsp3) is 0.240. The molecular weight excluding hydrogens is 342 g/mol. The Bertz CT molecular complexity index is 1160. The fourth-order valence-corrected chi connectivity index (χ4v) is 4.25. The molecule has 1 N–H and O–H groups in total. The van der Waals surface area contributed by atoms with Crippen molar-refractivity contribution in [2.24, 2.45) is 0 Å². The van der Waals surface area contributed by atoms with Gasteiger partial charge in [-0.1, -0.05) is 42.5 Å². The number of likely N-dealkylation sites (tertiary alicyclic amines) is 1. The van der Waals surface area contributed by atoms with Crippen molar-refractivity contribution in [2.75, 3.05) is 13.1 Å². The van der Waals surface area contributed by atoms with Crippen LogP contribution in [0.1, 0.15) is 30.4 Å². The molecule has 1 aliphatic heterocycles. The van der Waals surface area contributed by atoms with Crippen molar-refractivity contribution in [3.63, 3.8) is 0 Å². The smallest absolute Gasteiger partial charge is 0.138 e. The van der Waals surface area contributed by atoms with Crippen molar-refractivity contribution in [3.05, 3.63) is 72.4 Å². The monoisotopic (exact) mass is 367 g/mol. The highest BCUT2D eigenvalue weighted by atomic mass is 15.1. The summed E-state index contributed by atoms with van der Waals surface area (Å²) in [5.41, 5.74) is 8.03. The van der Waals surface area contributed by atoms with Gasteiger partial charge >= 0.3 is 0 Å². The summed E-state index contributed by atoms with van der Waals surface area (Å²) in [5, 5.41) is 2.41. The number of hydrogen-bond donors (Lipinski definition) is 1. The zero-order valence-electron chi connectivity index (χ0n) is 16.3. The molecule has 0 bridgehead atoms. The molecule has 0 saturated carbocycles. The molecule has 4 aromatic rings. The molecule has 0 radical (unpaired) electrons. The van der Waals surface area contributed by atoms with Gasteiger partial charge in [0.1, 0.15) is 5.65 Å². The Kier molecular flexibility index (Phi) is 4.16. The van der Waals surface area contributed by atoms with Gasteiger partial charge in [0.05, 0.1) is 0 Å². The van der Waals surface area contributed by atoms with E-state index in [9.17, 15) is 0 Å². The summed E-state index contributed by atoms with van der Waals surface area (Å²) in [5.74, 6) is 0. The van der Waals surface area contributed by atoms with Crippen LogP contribution in [0.2, 0.25) is 0 Å². The van der Waals surface area contributed by atoms with Gasteiger partial charge in [-0.25, -0.2) is 4.98 Å². The van der Waals surface area contributed by atoms with Gasteiger partial charge in [-0.05, 0) is 55.5 Å². The molecule has 1 fully saturated rings. The summed E-state index contributed by atoms with van der Waals surface area (Å²) in [7, 11) is 0. The van der Waals surface area contributed by atoms with Crippen molar-refractivity contribution in [1.29, 1.82) is 0 Å². The maximum atomic E-state index is 4.67. The van der Waals surface area contributed by atoms with Crippen LogP contribution in [0.4, 0.5) is 0 Å². The number of nitrogens with one attached hydrogen (secondary N) is 1. The van der Waals surface area contributed by atoms with Gasteiger partial charge in [0.2, 0.25) is 0 Å². The van der Waals surface area contributed by atoms with Gasteiger partial charge in [-0.15, -0.1) is 0 Å². The summed E-state index contributed by atoms with van der Waals surface area (Å²) >= 11 is 0. The average Bonchev–Trinajstić information content (AvgIpc) is 3.11. The van der Waals surface area contributed by atoms with Gasteiger partial charge in [-0.2, -0.15) is 0 Å². The molecule has 140 valence electrons. The molecule has 3 heteroatoms. The Morgan fingerprint density at radius 3 is 2.50 bits per heavy atom. The van der Waals surface area contributed by atoms with Gasteiger partial charge in [-0.3, -0.25) is 0 Å². The van der Waals surface area contributed by atoms with Crippen LogP contribution in [0.3, 0.4) is 0 Å². The number of rotatable bonds is 3. The Balaban J connectivity index is 1.48. The standard InChI is InChI=1S/C25H25N3/c1-17-6-11-24-22(14-17)23-15-21(16-26-25(23)27-24)20-9-7-19(8-10-20)18(2)28-12-4-3-5-13-28/h6-11,14-16H,2-5,12-13H2,1H3,(H,26,27). The second-order valence-corrected chi connectivity index (χ2v) is 7.87. The summed E-state index contributed by atoms with van der Waals surface area (Å²) < 4.78 is 0. The first-order chi connectivity index (χ1) is 13.7. The number of benzene rings is 2. The minimum atomic E-state index is 0.944. The lowest BCUT2D eigenvalue weighted by atomic mass is 10.0. The lowest BCUT2D eigenvalue weighted by Crippen LogP contribution is -2.27. The molecule has 2 aromatic heterocycles. The Hall–Kier alpha value is -3.07. The number of aryl methyl sites for hydroxylation is 1. The van der Waals surface area contributed by atoms with Gasteiger partial charge in [0.15, 0.2) is 0 Å². The predicted molar refractivity (Wildman–Crippen MR) is 118 cm³/mol. The van der Waals surface area contributed by atoms with Crippen LogP contribution in [0.15, 0.2) is 61.3 Å². The molecule has 0 spiro atoms. The van der Waals surface area contributed by atoms with Crippen LogP contribution in [-0.2, 0) is 0 Å². The molecule has 1 aliphatic rings. The largest absolute Gasteiger partial charge is 0.372 e. The van der Waals surface area contributed by atoms with Crippen LogP contribution in [-0.4, -0.2) is 28.0 Å². The highest BCUT2D eigenvalue weighted by molar-refractivity contribution is 6.07. The molecule has 0 amide bonds.